The molecule has 2 aliphatic heterocycles. The largest absolute Gasteiger partial charge is 0.342 e. The second-order valence-corrected chi connectivity index (χ2v) is 8.64. The van der Waals surface area contributed by atoms with Gasteiger partial charge in [-0.15, -0.1) is 0 Å². The number of aryl methyl sites for hydroxylation is 2. The van der Waals surface area contributed by atoms with Crippen molar-refractivity contribution < 1.29 is 9.59 Å². The first-order valence-corrected chi connectivity index (χ1v) is 10.7. The van der Waals surface area contributed by atoms with Gasteiger partial charge in [0, 0.05) is 58.0 Å². The van der Waals surface area contributed by atoms with Crippen molar-refractivity contribution in [3.8, 4) is 0 Å². The average Bonchev–Trinajstić information content (AvgIpc) is 3.27. The van der Waals surface area contributed by atoms with Crippen LogP contribution in [0.15, 0.2) is 12.4 Å². The lowest BCUT2D eigenvalue weighted by atomic mass is 9.77. The molecule has 2 saturated heterocycles. The van der Waals surface area contributed by atoms with Gasteiger partial charge in [0.15, 0.2) is 0 Å². The van der Waals surface area contributed by atoms with Gasteiger partial charge in [-0.1, -0.05) is 13.3 Å². The van der Waals surface area contributed by atoms with Crippen LogP contribution in [0.3, 0.4) is 0 Å². The zero-order valence-electron chi connectivity index (χ0n) is 16.5. The maximum absolute atomic E-state index is 13.2. The van der Waals surface area contributed by atoms with Crippen molar-refractivity contribution in [2.24, 2.45) is 11.3 Å². The molecule has 0 bridgehead atoms. The second kappa shape index (κ2) is 7.64. The Kier molecular flexibility index (Phi) is 5.24. The van der Waals surface area contributed by atoms with Crippen LogP contribution in [0.5, 0.6) is 0 Å². The molecule has 1 aromatic heterocycles. The van der Waals surface area contributed by atoms with Gasteiger partial charge in [0.05, 0.1) is 5.41 Å². The van der Waals surface area contributed by atoms with Crippen molar-refractivity contribution >= 4 is 11.8 Å². The lowest BCUT2D eigenvalue weighted by Crippen LogP contribution is -2.52. The highest BCUT2D eigenvalue weighted by atomic mass is 16.2. The average molecular weight is 373 g/mol. The summed E-state index contributed by atoms with van der Waals surface area (Å²) in [7, 11) is 0. The standard InChI is InChI=1S/C21H32N4O2/c1-2-18-22-10-14-23(18)12-7-19(26)25-13-9-21(16-25)8-4-11-24(20(21)27)15-17-5-3-6-17/h10,14,17H,2-9,11-13,15-16H2,1H3. The fourth-order valence-electron chi connectivity index (χ4n) is 5.01. The molecule has 0 radical (unpaired) electrons. The van der Waals surface area contributed by atoms with Crippen molar-refractivity contribution in [2.45, 2.75) is 64.8 Å². The number of piperidine rings is 1. The second-order valence-electron chi connectivity index (χ2n) is 8.64. The number of nitrogens with zero attached hydrogens (tertiary/aromatic N) is 4. The molecular weight excluding hydrogens is 340 g/mol. The van der Waals surface area contributed by atoms with E-state index in [1.807, 2.05) is 11.1 Å². The van der Waals surface area contributed by atoms with E-state index in [0.717, 1.165) is 51.1 Å². The van der Waals surface area contributed by atoms with Crippen molar-refractivity contribution in [2.75, 3.05) is 26.2 Å². The fraction of sp³-hybridized carbons (Fsp3) is 0.762. The molecule has 1 aliphatic carbocycles. The molecule has 6 heteroatoms. The molecule has 1 aromatic rings. The van der Waals surface area contributed by atoms with Gasteiger partial charge in [-0.05, 0) is 38.0 Å². The van der Waals surface area contributed by atoms with Crippen LogP contribution in [-0.4, -0.2) is 57.3 Å². The first kappa shape index (κ1) is 18.5. The molecule has 4 rings (SSSR count). The number of aromatic nitrogens is 2. The number of amides is 2. The summed E-state index contributed by atoms with van der Waals surface area (Å²) in [6, 6.07) is 0. The van der Waals surface area contributed by atoms with Crippen molar-refractivity contribution in [3.05, 3.63) is 18.2 Å². The Labute approximate surface area is 161 Å². The molecule has 6 nitrogen and oxygen atoms in total. The Balaban J connectivity index is 1.34. The third kappa shape index (κ3) is 3.63. The SMILES string of the molecule is CCc1nccn1CCC(=O)N1CCC2(CCCN(CC3CCC3)C2=O)C1. The predicted octanol–water partition coefficient (Wildman–Crippen LogP) is 2.48. The van der Waals surface area contributed by atoms with Gasteiger partial charge in [-0.2, -0.15) is 0 Å². The Hall–Kier alpha value is -1.85. The minimum absolute atomic E-state index is 0.173. The summed E-state index contributed by atoms with van der Waals surface area (Å²) in [4.78, 5) is 34.3. The van der Waals surface area contributed by atoms with Crippen LogP contribution in [0.4, 0.5) is 0 Å². The molecule has 2 amide bonds. The molecule has 3 fully saturated rings. The van der Waals surface area contributed by atoms with Crippen molar-refractivity contribution in [1.29, 1.82) is 0 Å². The number of carbonyl (C=O) groups is 2. The number of hydrogen-bond acceptors (Lipinski definition) is 3. The molecule has 3 heterocycles. The van der Waals surface area contributed by atoms with Gasteiger partial charge in [0.2, 0.25) is 11.8 Å². The lowest BCUT2D eigenvalue weighted by Gasteiger charge is -2.42. The molecule has 3 aliphatic rings. The number of imidazole rings is 1. The highest BCUT2D eigenvalue weighted by Gasteiger charge is 2.49. The van der Waals surface area contributed by atoms with Gasteiger partial charge in [0.1, 0.15) is 5.82 Å². The Morgan fingerprint density at radius 3 is 2.85 bits per heavy atom. The summed E-state index contributed by atoms with van der Waals surface area (Å²) in [5.41, 5.74) is -0.304. The van der Waals surface area contributed by atoms with E-state index in [1.54, 1.807) is 6.20 Å². The third-order valence-electron chi connectivity index (χ3n) is 6.92. The Bertz CT molecular complexity index is 696. The molecule has 27 heavy (non-hydrogen) atoms. The molecule has 1 unspecified atom stereocenters. The van der Waals surface area contributed by atoms with E-state index in [2.05, 4.69) is 21.4 Å². The van der Waals surface area contributed by atoms with Crippen molar-refractivity contribution in [1.82, 2.24) is 19.4 Å². The van der Waals surface area contributed by atoms with Crippen LogP contribution in [0.2, 0.25) is 0 Å². The van der Waals surface area contributed by atoms with Crippen LogP contribution in [-0.2, 0) is 22.6 Å². The maximum Gasteiger partial charge on any atom is 0.230 e. The molecule has 1 saturated carbocycles. The van der Waals surface area contributed by atoms with Crippen molar-refractivity contribution in [3.63, 3.8) is 0 Å². The third-order valence-corrected chi connectivity index (χ3v) is 6.92. The topological polar surface area (TPSA) is 58.4 Å². The molecule has 0 N–H and O–H groups in total. The summed E-state index contributed by atoms with van der Waals surface area (Å²) in [6.45, 7) is 5.95. The highest BCUT2D eigenvalue weighted by molar-refractivity contribution is 5.86. The van der Waals surface area contributed by atoms with E-state index in [-0.39, 0.29) is 11.3 Å². The first-order chi connectivity index (χ1) is 13.1. The Morgan fingerprint density at radius 2 is 2.11 bits per heavy atom. The summed E-state index contributed by atoms with van der Waals surface area (Å²) >= 11 is 0. The highest BCUT2D eigenvalue weighted by Crippen LogP contribution is 2.41. The molecule has 0 aromatic carbocycles. The quantitative estimate of drug-likeness (QED) is 0.771. The van der Waals surface area contributed by atoms with Crippen LogP contribution >= 0.6 is 0 Å². The van der Waals surface area contributed by atoms with E-state index in [9.17, 15) is 9.59 Å². The zero-order chi connectivity index (χ0) is 18.9. The predicted molar refractivity (Wildman–Crippen MR) is 103 cm³/mol. The van der Waals surface area contributed by atoms with E-state index in [0.29, 0.717) is 31.3 Å². The van der Waals surface area contributed by atoms with Gasteiger partial charge >= 0.3 is 0 Å². The molecular formula is C21H32N4O2. The molecule has 1 spiro atoms. The van der Waals surface area contributed by atoms with E-state index < -0.39 is 0 Å². The number of carbonyl (C=O) groups excluding carboxylic acids is 2. The zero-order valence-corrected chi connectivity index (χ0v) is 16.5. The van der Waals surface area contributed by atoms with E-state index in [1.165, 1.54) is 19.3 Å². The van der Waals surface area contributed by atoms with E-state index in [4.69, 9.17) is 0 Å². The van der Waals surface area contributed by atoms with Gasteiger partial charge < -0.3 is 14.4 Å². The fourth-order valence-corrected chi connectivity index (χ4v) is 5.01. The van der Waals surface area contributed by atoms with Crippen LogP contribution in [0, 0.1) is 11.3 Å². The monoisotopic (exact) mass is 372 g/mol. The summed E-state index contributed by atoms with van der Waals surface area (Å²) in [5.74, 6) is 2.23. The smallest absolute Gasteiger partial charge is 0.230 e. The van der Waals surface area contributed by atoms with Gasteiger partial charge in [-0.25, -0.2) is 4.98 Å². The van der Waals surface area contributed by atoms with Crippen LogP contribution in [0.1, 0.15) is 57.7 Å². The molecule has 148 valence electrons. The molecule has 1 atom stereocenters. The van der Waals surface area contributed by atoms with Crippen LogP contribution < -0.4 is 0 Å². The number of rotatable bonds is 6. The maximum atomic E-state index is 13.2. The number of likely N-dealkylation sites (tertiary alicyclic amines) is 2. The summed E-state index contributed by atoms with van der Waals surface area (Å²) in [5, 5.41) is 0. The number of hydrogen-bond donors (Lipinski definition) is 0. The van der Waals surface area contributed by atoms with Gasteiger partial charge in [-0.3, -0.25) is 9.59 Å². The summed E-state index contributed by atoms with van der Waals surface area (Å²) in [6.07, 6.45) is 11.8. The normalized spacial score (nSPS) is 26.0. The minimum atomic E-state index is -0.304. The first-order valence-electron chi connectivity index (χ1n) is 10.7. The van der Waals surface area contributed by atoms with E-state index >= 15 is 0 Å². The van der Waals surface area contributed by atoms with Crippen LogP contribution in [0.25, 0.3) is 0 Å². The lowest BCUT2D eigenvalue weighted by molar-refractivity contribution is -0.147. The Morgan fingerprint density at radius 1 is 1.26 bits per heavy atom. The van der Waals surface area contributed by atoms with Gasteiger partial charge in [0.25, 0.3) is 0 Å². The minimum Gasteiger partial charge on any atom is -0.342 e. The summed E-state index contributed by atoms with van der Waals surface area (Å²) < 4.78 is 2.07.